The Kier molecular flexibility index (Phi) is 3.03. The minimum Gasteiger partial charge on any atom is -0.352 e. The Balaban J connectivity index is 1.97. The number of pyridine rings is 1. The van der Waals surface area contributed by atoms with Crippen LogP contribution in [0.4, 0.5) is 15.1 Å². The van der Waals surface area contributed by atoms with Gasteiger partial charge in [-0.1, -0.05) is 0 Å². The van der Waals surface area contributed by atoms with E-state index in [0.29, 0.717) is 24.7 Å². The van der Waals surface area contributed by atoms with Crippen LogP contribution in [0.15, 0.2) is 18.3 Å². The number of hydrogen-bond donors (Lipinski definition) is 3. The summed E-state index contributed by atoms with van der Waals surface area (Å²) in [7, 11) is 0. The number of carbonyl (C=O) groups excluding carboxylic acids is 1. The number of primary amides is 1. The van der Waals surface area contributed by atoms with E-state index in [0.717, 1.165) is 0 Å². The van der Waals surface area contributed by atoms with Crippen molar-refractivity contribution >= 4 is 17.6 Å². The number of rotatable bonds is 4. The van der Waals surface area contributed by atoms with Crippen molar-refractivity contribution in [1.82, 2.24) is 19.9 Å². The summed E-state index contributed by atoms with van der Waals surface area (Å²) in [6, 6.07) is 2.24. The molecule has 90 valence electrons. The molecule has 17 heavy (non-hydrogen) atoms. The summed E-state index contributed by atoms with van der Waals surface area (Å²) in [4.78, 5) is 14.5. The maximum atomic E-state index is 12.9. The van der Waals surface area contributed by atoms with Crippen LogP contribution in [0.5, 0.6) is 0 Å². The average molecular weight is 238 g/mol. The highest BCUT2D eigenvalue weighted by Crippen LogP contribution is 2.06. The maximum absolute atomic E-state index is 12.9. The summed E-state index contributed by atoms with van der Waals surface area (Å²) >= 11 is 0. The number of nitrogens with zero attached hydrogens (tertiary/aromatic N) is 3. The molecular formula is C9H11FN6O. The Bertz CT molecular complexity index is 539. The Hall–Kier alpha value is -2.38. The van der Waals surface area contributed by atoms with Gasteiger partial charge in [0.2, 0.25) is 5.95 Å². The minimum atomic E-state index is -0.586. The zero-order valence-electron chi connectivity index (χ0n) is 8.85. The van der Waals surface area contributed by atoms with Crippen molar-refractivity contribution in [2.45, 2.75) is 0 Å². The zero-order chi connectivity index (χ0) is 12.3. The number of hydrogen-bond acceptors (Lipinski definition) is 4. The molecule has 2 aromatic rings. The van der Waals surface area contributed by atoms with Crippen LogP contribution < -0.4 is 16.4 Å². The van der Waals surface area contributed by atoms with E-state index in [2.05, 4.69) is 20.7 Å². The van der Waals surface area contributed by atoms with Crippen molar-refractivity contribution in [3.05, 3.63) is 24.1 Å². The zero-order valence-corrected chi connectivity index (χ0v) is 8.85. The number of amides is 2. The lowest BCUT2D eigenvalue weighted by Crippen LogP contribution is -2.33. The predicted molar refractivity (Wildman–Crippen MR) is 59.0 cm³/mol. The summed E-state index contributed by atoms with van der Waals surface area (Å²) in [6.45, 7) is 0.793. The molecule has 0 aliphatic heterocycles. The summed E-state index contributed by atoms with van der Waals surface area (Å²) < 4.78 is 14.2. The standard InChI is InChI=1S/C9H11FN6O/c10-6-1-2-7-14-9(15-16(7)5-6)13-4-3-12-8(11)17/h1-2,5H,3-4H2,(H,13,15)(H3,11,12,17). The molecule has 0 aromatic carbocycles. The fourth-order valence-corrected chi connectivity index (χ4v) is 1.29. The molecule has 2 amide bonds. The number of carbonyl (C=O) groups is 1. The van der Waals surface area contributed by atoms with Crippen molar-refractivity contribution in [3.8, 4) is 0 Å². The normalized spacial score (nSPS) is 10.4. The van der Waals surface area contributed by atoms with Crippen LogP contribution >= 0.6 is 0 Å². The number of fused-ring (bicyclic) bond motifs is 1. The van der Waals surface area contributed by atoms with Crippen molar-refractivity contribution in [3.63, 3.8) is 0 Å². The van der Waals surface area contributed by atoms with E-state index in [1.807, 2.05) is 0 Å². The number of anilines is 1. The summed E-state index contributed by atoms with van der Waals surface area (Å²) in [6.07, 6.45) is 1.23. The van der Waals surface area contributed by atoms with Gasteiger partial charge >= 0.3 is 6.03 Å². The largest absolute Gasteiger partial charge is 0.352 e. The minimum absolute atomic E-state index is 0.360. The lowest BCUT2D eigenvalue weighted by molar-refractivity contribution is 0.249. The van der Waals surface area contributed by atoms with Crippen molar-refractivity contribution in [2.24, 2.45) is 5.73 Å². The second kappa shape index (κ2) is 4.64. The van der Waals surface area contributed by atoms with E-state index in [1.54, 1.807) is 0 Å². The first-order chi connectivity index (χ1) is 8.15. The Morgan fingerprint density at radius 3 is 3.06 bits per heavy atom. The van der Waals surface area contributed by atoms with Gasteiger partial charge < -0.3 is 16.4 Å². The fraction of sp³-hybridized carbons (Fsp3) is 0.222. The lowest BCUT2D eigenvalue weighted by Gasteiger charge is -2.01. The van der Waals surface area contributed by atoms with Gasteiger partial charge in [0.15, 0.2) is 5.65 Å². The SMILES string of the molecule is NC(=O)NCCNc1nc2ccc(F)cn2n1. The van der Waals surface area contributed by atoms with E-state index in [9.17, 15) is 9.18 Å². The molecular weight excluding hydrogens is 227 g/mol. The van der Waals surface area contributed by atoms with Crippen molar-refractivity contribution in [2.75, 3.05) is 18.4 Å². The molecule has 0 aliphatic rings. The summed E-state index contributed by atoms with van der Waals surface area (Å²) in [5.74, 6) is -0.0220. The van der Waals surface area contributed by atoms with Crippen LogP contribution in [-0.2, 0) is 0 Å². The topological polar surface area (TPSA) is 97.3 Å². The van der Waals surface area contributed by atoms with Gasteiger partial charge in [0.05, 0.1) is 6.20 Å². The van der Waals surface area contributed by atoms with Gasteiger partial charge in [-0.15, -0.1) is 5.10 Å². The number of nitrogens with one attached hydrogen (secondary N) is 2. The Morgan fingerprint density at radius 2 is 2.29 bits per heavy atom. The maximum Gasteiger partial charge on any atom is 0.312 e. The van der Waals surface area contributed by atoms with Crippen molar-refractivity contribution < 1.29 is 9.18 Å². The predicted octanol–water partition coefficient (Wildman–Crippen LogP) is -0.0514. The molecule has 4 N–H and O–H groups in total. The number of nitrogens with two attached hydrogens (primary N) is 1. The van der Waals surface area contributed by atoms with Gasteiger partial charge in [-0.25, -0.2) is 13.7 Å². The third kappa shape index (κ3) is 2.80. The van der Waals surface area contributed by atoms with Gasteiger partial charge in [0.1, 0.15) is 5.82 Å². The molecule has 8 heteroatoms. The second-order valence-corrected chi connectivity index (χ2v) is 3.30. The number of aromatic nitrogens is 3. The first kappa shape index (κ1) is 11.1. The van der Waals surface area contributed by atoms with Crippen LogP contribution in [0.1, 0.15) is 0 Å². The third-order valence-electron chi connectivity index (χ3n) is 2.00. The molecule has 0 unspecified atom stereocenters. The van der Waals surface area contributed by atoms with E-state index in [4.69, 9.17) is 5.73 Å². The fourth-order valence-electron chi connectivity index (χ4n) is 1.29. The van der Waals surface area contributed by atoms with Crippen LogP contribution in [-0.4, -0.2) is 33.7 Å². The highest BCUT2D eigenvalue weighted by atomic mass is 19.1. The van der Waals surface area contributed by atoms with Gasteiger partial charge in [0, 0.05) is 13.1 Å². The second-order valence-electron chi connectivity index (χ2n) is 3.30. The molecule has 0 atom stereocenters. The first-order valence-corrected chi connectivity index (χ1v) is 4.94. The lowest BCUT2D eigenvalue weighted by atomic mass is 10.5. The van der Waals surface area contributed by atoms with E-state index >= 15 is 0 Å². The molecule has 7 nitrogen and oxygen atoms in total. The Morgan fingerprint density at radius 1 is 1.47 bits per heavy atom. The Labute approximate surface area is 95.8 Å². The van der Waals surface area contributed by atoms with Gasteiger partial charge in [-0.2, -0.15) is 4.98 Å². The molecule has 0 radical (unpaired) electrons. The molecule has 2 heterocycles. The van der Waals surface area contributed by atoms with Crippen LogP contribution in [0.2, 0.25) is 0 Å². The molecule has 0 bridgehead atoms. The highest BCUT2D eigenvalue weighted by molar-refractivity contribution is 5.71. The van der Waals surface area contributed by atoms with E-state index in [-0.39, 0.29) is 5.82 Å². The van der Waals surface area contributed by atoms with Gasteiger partial charge in [-0.05, 0) is 12.1 Å². The molecule has 2 rings (SSSR count). The number of urea groups is 1. The molecule has 2 aromatic heterocycles. The molecule has 0 saturated carbocycles. The van der Waals surface area contributed by atoms with Gasteiger partial charge in [0.25, 0.3) is 0 Å². The van der Waals surface area contributed by atoms with E-state index in [1.165, 1.54) is 22.8 Å². The molecule has 0 spiro atoms. The van der Waals surface area contributed by atoms with Gasteiger partial charge in [-0.3, -0.25) is 0 Å². The van der Waals surface area contributed by atoms with Crippen LogP contribution in [0.25, 0.3) is 5.65 Å². The van der Waals surface area contributed by atoms with Crippen molar-refractivity contribution in [1.29, 1.82) is 0 Å². The monoisotopic (exact) mass is 238 g/mol. The average Bonchev–Trinajstić information content (AvgIpc) is 2.66. The third-order valence-corrected chi connectivity index (χ3v) is 2.00. The number of halogens is 1. The molecule has 0 fully saturated rings. The summed E-state index contributed by atoms with van der Waals surface area (Å²) in [5.41, 5.74) is 5.43. The quantitative estimate of drug-likeness (QED) is 0.650. The molecule has 0 aliphatic carbocycles. The van der Waals surface area contributed by atoms with Crippen LogP contribution in [0.3, 0.4) is 0 Å². The highest BCUT2D eigenvalue weighted by Gasteiger charge is 2.03. The summed E-state index contributed by atoms with van der Waals surface area (Å²) in [5, 5.41) is 9.29. The smallest absolute Gasteiger partial charge is 0.312 e. The van der Waals surface area contributed by atoms with Crippen LogP contribution in [0, 0.1) is 5.82 Å². The molecule has 0 saturated heterocycles. The van der Waals surface area contributed by atoms with E-state index < -0.39 is 6.03 Å². The first-order valence-electron chi connectivity index (χ1n) is 4.94.